The Balaban J connectivity index is 0.00000484. The van der Waals surface area contributed by atoms with E-state index < -0.39 is 0 Å². The van der Waals surface area contributed by atoms with Gasteiger partial charge in [-0.1, -0.05) is 18.2 Å². The van der Waals surface area contributed by atoms with E-state index in [-0.39, 0.29) is 24.0 Å². The van der Waals surface area contributed by atoms with Gasteiger partial charge in [-0.3, -0.25) is 4.99 Å². The predicted molar refractivity (Wildman–Crippen MR) is 114 cm³/mol. The third-order valence-corrected chi connectivity index (χ3v) is 3.85. The summed E-state index contributed by atoms with van der Waals surface area (Å²) in [4.78, 5) is 6.80. The van der Waals surface area contributed by atoms with Crippen LogP contribution >= 0.6 is 35.7 Å². The third-order valence-electron chi connectivity index (χ3n) is 3.15. The Labute approximate surface area is 162 Å². The van der Waals surface area contributed by atoms with Gasteiger partial charge in [0.05, 0.1) is 6.54 Å². The van der Waals surface area contributed by atoms with Crippen LogP contribution in [-0.2, 0) is 0 Å². The van der Waals surface area contributed by atoms with Gasteiger partial charge in [0.25, 0.3) is 0 Å². The van der Waals surface area contributed by atoms with Gasteiger partial charge >= 0.3 is 0 Å². The first-order valence-electron chi connectivity index (χ1n) is 7.94. The highest BCUT2D eigenvalue weighted by molar-refractivity contribution is 14.0. The van der Waals surface area contributed by atoms with Crippen molar-refractivity contribution in [2.45, 2.75) is 19.8 Å². The highest BCUT2D eigenvalue weighted by Crippen LogP contribution is 2.07. The number of nitrogens with one attached hydrogen (secondary N) is 1. The number of benzene rings is 1. The van der Waals surface area contributed by atoms with Crippen molar-refractivity contribution in [3.8, 4) is 5.75 Å². The Hall–Kier alpha value is -0.630. The molecule has 0 saturated heterocycles. The molecule has 0 fully saturated rings. The Bertz CT molecular complexity index is 418. The minimum absolute atomic E-state index is 0. The fraction of sp³-hybridized carbons (Fsp3) is 0.588. The average molecular weight is 451 g/mol. The molecule has 0 aromatic heterocycles. The van der Waals surface area contributed by atoms with Gasteiger partial charge in [-0.15, -0.1) is 24.0 Å². The van der Waals surface area contributed by atoms with Crippen molar-refractivity contribution in [1.82, 2.24) is 10.2 Å². The number of aliphatic imine (C=N–C) groups is 1. The van der Waals surface area contributed by atoms with E-state index in [9.17, 15) is 0 Å². The third kappa shape index (κ3) is 10.7. The topological polar surface area (TPSA) is 36.9 Å². The second-order valence-corrected chi connectivity index (χ2v) is 6.00. The molecule has 23 heavy (non-hydrogen) atoms. The molecule has 1 rings (SSSR count). The van der Waals surface area contributed by atoms with Crippen molar-refractivity contribution >= 4 is 41.7 Å². The zero-order valence-corrected chi connectivity index (χ0v) is 17.6. The standard InChI is InChI=1S/C17H29N3OS.HI/c1-4-18-17(19-12-8-9-15-22-3)20(2)13-14-21-16-10-6-5-7-11-16;/h5-7,10-11H,4,8-9,12-15H2,1-3H3,(H,18,19);1H. The van der Waals surface area contributed by atoms with Gasteiger partial charge in [0, 0.05) is 20.1 Å². The van der Waals surface area contributed by atoms with Crippen LogP contribution in [0.25, 0.3) is 0 Å². The molecule has 132 valence electrons. The molecule has 0 aliphatic carbocycles. The molecule has 1 N–H and O–H groups in total. The normalized spacial score (nSPS) is 10.8. The molecule has 0 bridgehead atoms. The van der Waals surface area contributed by atoms with Crippen LogP contribution in [0.5, 0.6) is 5.75 Å². The van der Waals surface area contributed by atoms with Crippen LogP contribution in [0.4, 0.5) is 0 Å². The molecule has 0 aliphatic rings. The summed E-state index contributed by atoms with van der Waals surface area (Å²) in [7, 11) is 2.05. The maximum absolute atomic E-state index is 5.74. The molecule has 0 atom stereocenters. The van der Waals surface area contributed by atoms with Crippen molar-refractivity contribution in [2.24, 2.45) is 4.99 Å². The van der Waals surface area contributed by atoms with E-state index in [2.05, 4.69) is 35.4 Å². The summed E-state index contributed by atoms with van der Waals surface area (Å²) in [5.41, 5.74) is 0. The van der Waals surface area contributed by atoms with E-state index in [1.54, 1.807) is 0 Å². The lowest BCUT2D eigenvalue weighted by molar-refractivity contribution is 0.281. The van der Waals surface area contributed by atoms with Gasteiger partial charge in [0.15, 0.2) is 5.96 Å². The van der Waals surface area contributed by atoms with Gasteiger partial charge in [-0.2, -0.15) is 11.8 Å². The molecule has 0 amide bonds. The number of rotatable bonds is 10. The lowest BCUT2D eigenvalue weighted by Crippen LogP contribution is -2.41. The summed E-state index contributed by atoms with van der Waals surface area (Å²) in [6.07, 6.45) is 4.52. The van der Waals surface area contributed by atoms with Crippen LogP contribution in [0.2, 0.25) is 0 Å². The molecule has 4 nitrogen and oxygen atoms in total. The maximum atomic E-state index is 5.74. The number of hydrogen-bond acceptors (Lipinski definition) is 3. The summed E-state index contributed by atoms with van der Waals surface area (Å²) in [6, 6.07) is 9.92. The number of ether oxygens (including phenoxy) is 1. The summed E-state index contributed by atoms with van der Waals surface area (Å²) in [5, 5.41) is 3.34. The van der Waals surface area contributed by atoms with E-state index in [0.29, 0.717) is 6.61 Å². The second-order valence-electron chi connectivity index (χ2n) is 5.02. The lowest BCUT2D eigenvalue weighted by Gasteiger charge is -2.22. The first-order valence-corrected chi connectivity index (χ1v) is 9.33. The number of nitrogens with zero attached hydrogens (tertiary/aromatic N) is 2. The molecular formula is C17H30IN3OS. The molecular weight excluding hydrogens is 421 g/mol. The minimum atomic E-state index is 0. The van der Waals surface area contributed by atoms with Crippen molar-refractivity contribution in [3.05, 3.63) is 30.3 Å². The van der Waals surface area contributed by atoms with Gasteiger partial charge < -0.3 is 15.0 Å². The number of likely N-dealkylation sites (N-methyl/N-ethyl adjacent to an activating group) is 1. The molecule has 0 unspecified atom stereocenters. The zero-order valence-electron chi connectivity index (χ0n) is 14.5. The van der Waals surface area contributed by atoms with Gasteiger partial charge in [0.1, 0.15) is 12.4 Å². The number of hydrogen-bond donors (Lipinski definition) is 1. The molecule has 1 aromatic rings. The van der Waals surface area contributed by atoms with Crippen molar-refractivity contribution in [2.75, 3.05) is 45.3 Å². The monoisotopic (exact) mass is 451 g/mol. The summed E-state index contributed by atoms with van der Waals surface area (Å²) in [6.45, 7) is 5.32. The zero-order chi connectivity index (χ0) is 16.0. The first kappa shape index (κ1) is 22.4. The van der Waals surface area contributed by atoms with Crippen LogP contribution in [0.3, 0.4) is 0 Å². The number of halogens is 1. The Morgan fingerprint density at radius 2 is 2.00 bits per heavy atom. The lowest BCUT2D eigenvalue weighted by atomic mass is 10.3. The van der Waals surface area contributed by atoms with E-state index in [1.165, 1.54) is 12.2 Å². The van der Waals surface area contributed by atoms with Gasteiger partial charge in [0.2, 0.25) is 0 Å². The fourth-order valence-corrected chi connectivity index (χ4v) is 2.43. The Morgan fingerprint density at radius 1 is 1.26 bits per heavy atom. The van der Waals surface area contributed by atoms with Gasteiger partial charge in [-0.05, 0) is 43.9 Å². The molecule has 0 aliphatic heterocycles. The van der Waals surface area contributed by atoms with Crippen LogP contribution in [0.15, 0.2) is 35.3 Å². The van der Waals surface area contributed by atoms with E-state index in [1.807, 2.05) is 42.1 Å². The van der Waals surface area contributed by atoms with E-state index in [0.717, 1.165) is 37.8 Å². The number of unbranched alkanes of at least 4 members (excludes halogenated alkanes) is 1. The molecule has 6 heteroatoms. The molecule has 0 radical (unpaired) electrons. The van der Waals surface area contributed by atoms with Crippen LogP contribution in [-0.4, -0.2) is 56.2 Å². The Morgan fingerprint density at radius 3 is 2.65 bits per heavy atom. The summed E-state index contributed by atoms with van der Waals surface area (Å²) in [5.74, 6) is 3.09. The number of para-hydroxylation sites is 1. The van der Waals surface area contributed by atoms with Crippen LogP contribution < -0.4 is 10.1 Å². The quantitative estimate of drug-likeness (QED) is 0.255. The molecule has 0 spiro atoms. The van der Waals surface area contributed by atoms with E-state index >= 15 is 0 Å². The van der Waals surface area contributed by atoms with Crippen LogP contribution in [0.1, 0.15) is 19.8 Å². The molecule has 1 aromatic carbocycles. The maximum Gasteiger partial charge on any atom is 0.193 e. The Kier molecular flexibility index (Phi) is 14.5. The van der Waals surface area contributed by atoms with Crippen LogP contribution in [0, 0.1) is 0 Å². The summed E-state index contributed by atoms with van der Waals surface area (Å²) >= 11 is 1.89. The first-order chi connectivity index (χ1) is 10.8. The fourth-order valence-electron chi connectivity index (χ4n) is 1.94. The second kappa shape index (κ2) is 14.9. The van der Waals surface area contributed by atoms with Gasteiger partial charge in [-0.25, -0.2) is 0 Å². The van der Waals surface area contributed by atoms with Crippen molar-refractivity contribution < 1.29 is 4.74 Å². The van der Waals surface area contributed by atoms with E-state index in [4.69, 9.17) is 4.74 Å². The molecule has 0 heterocycles. The number of thioether (sulfide) groups is 1. The number of guanidine groups is 1. The smallest absolute Gasteiger partial charge is 0.193 e. The highest BCUT2D eigenvalue weighted by atomic mass is 127. The van der Waals surface area contributed by atoms with Crippen molar-refractivity contribution in [3.63, 3.8) is 0 Å². The largest absolute Gasteiger partial charge is 0.492 e. The SMILES string of the molecule is CCNC(=NCCCCSC)N(C)CCOc1ccccc1.I. The van der Waals surface area contributed by atoms with Crippen molar-refractivity contribution in [1.29, 1.82) is 0 Å². The minimum Gasteiger partial charge on any atom is -0.492 e. The molecule has 0 saturated carbocycles. The summed E-state index contributed by atoms with van der Waals surface area (Å²) < 4.78 is 5.74. The highest BCUT2D eigenvalue weighted by Gasteiger charge is 2.05. The predicted octanol–water partition coefficient (Wildman–Crippen LogP) is 3.72. The average Bonchev–Trinajstić information content (AvgIpc) is 2.54.